The van der Waals surface area contributed by atoms with Crippen molar-refractivity contribution >= 4 is 17.0 Å². The number of phenols is 1. The number of pyridine rings is 1. The number of para-hydroxylation sites is 1. The van der Waals surface area contributed by atoms with E-state index in [2.05, 4.69) is 25.5 Å². The van der Waals surface area contributed by atoms with Gasteiger partial charge >= 0.3 is 12.0 Å². The lowest BCUT2D eigenvalue weighted by molar-refractivity contribution is -0.154. The number of carbonyl (C=O) groups is 1. The quantitative estimate of drug-likeness (QED) is 0.451. The number of aryl methyl sites for hydroxylation is 1. The van der Waals surface area contributed by atoms with Gasteiger partial charge in [0.1, 0.15) is 23.5 Å². The number of aromatic nitrogens is 7. The van der Waals surface area contributed by atoms with Crippen LogP contribution in [0.25, 0.3) is 17.0 Å². The Morgan fingerprint density at radius 3 is 2.56 bits per heavy atom. The molecule has 0 spiro atoms. The minimum atomic E-state index is -0.558. The zero-order chi connectivity index (χ0) is 22.9. The summed E-state index contributed by atoms with van der Waals surface area (Å²) in [4.78, 5) is 21.0. The second-order valence-corrected chi connectivity index (χ2v) is 8.15. The van der Waals surface area contributed by atoms with Crippen molar-refractivity contribution in [1.29, 1.82) is 0 Å². The molecule has 3 aromatic heterocycles. The molecular weight excluding hydrogens is 414 g/mol. The monoisotopic (exact) mass is 437 g/mol. The van der Waals surface area contributed by atoms with E-state index in [0.717, 1.165) is 0 Å². The van der Waals surface area contributed by atoms with Gasteiger partial charge in [-0.2, -0.15) is 4.98 Å². The third-order valence-corrected chi connectivity index (χ3v) is 4.39. The molecule has 1 N–H and O–H groups in total. The lowest BCUT2D eigenvalue weighted by atomic mass is 10.2. The minimum absolute atomic E-state index is 0.0127. The fourth-order valence-corrected chi connectivity index (χ4v) is 3.14. The van der Waals surface area contributed by atoms with Crippen LogP contribution in [-0.4, -0.2) is 51.4 Å². The second-order valence-electron chi connectivity index (χ2n) is 8.15. The maximum atomic E-state index is 12.1. The number of nitrogens with zero attached hydrogens (tertiary/aromatic N) is 7. The van der Waals surface area contributed by atoms with Gasteiger partial charge in [-0.3, -0.25) is 9.78 Å². The highest BCUT2D eigenvalue weighted by atomic mass is 16.6. The number of tetrazole rings is 1. The number of carbonyl (C=O) groups excluding carboxylic acids is 1. The zero-order valence-electron chi connectivity index (χ0n) is 18.2. The van der Waals surface area contributed by atoms with Crippen molar-refractivity contribution in [2.45, 2.75) is 39.4 Å². The van der Waals surface area contributed by atoms with E-state index in [4.69, 9.17) is 9.47 Å². The van der Waals surface area contributed by atoms with Gasteiger partial charge in [0, 0.05) is 7.05 Å². The molecule has 0 fully saturated rings. The summed E-state index contributed by atoms with van der Waals surface area (Å²) in [5.74, 6) is 0.0357. The number of rotatable bonds is 6. The van der Waals surface area contributed by atoms with E-state index in [0.29, 0.717) is 28.4 Å². The highest BCUT2D eigenvalue weighted by molar-refractivity contribution is 5.84. The molecule has 0 bridgehead atoms. The third kappa shape index (κ3) is 4.51. The molecule has 0 aliphatic carbocycles. The van der Waals surface area contributed by atoms with Crippen LogP contribution < -0.4 is 4.74 Å². The normalized spacial score (nSPS) is 11.6. The average Bonchev–Trinajstić information content (AvgIpc) is 3.28. The molecule has 11 heteroatoms. The number of hydrogen-bond donors (Lipinski definition) is 1. The lowest BCUT2D eigenvalue weighted by Gasteiger charge is -2.19. The summed E-state index contributed by atoms with van der Waals surface area (Å²) >= 11 is 0. The number of esters is 1. The largest absolute Gasteiger partial charge is 0.506 e. The molecule has 0 radical (unpaired) electrons. The molecule has 0 atom stereocenters. The molecule has 0 saturated carbocycles. The Morgan fingerprint density at radius 2 is 1.84 bits per heavy atom. The molecule has 11 nitrogen and oxygen atoms in total. The highest BCUT2D eigenvalue weighted by Crippen LogP contribution is 2.30. The molecule has 1 aromatic carbocycles. The predicted octanol–water partition coefficient (Wildman–Crippen LogP) is 2.11. The van der Waals surface area contributed by atoms with Crippen LogP contribution in [0.15, 0.2) is 36.4 Å². The van der Waals surface area contributed by atoms with Crippen LogP contribution in [-0.2, 0) is 29.6 Å². The number of fused-ring (bicyclic) bond motifs is 1. The van der Waals surface area contributed by atoms with Crippen molar-refractivity contribution < 1.29 is 19.4 Å². The molecule has 4 aromatic rings. The van der Waals surface area contributed by atoms with Crippen LogP contribution in [0.5, 0.6) is 11.8 Å². The number of aromatic hydroxyl groups is 1. The summed E-state index contributed by atoms with van der Waals surface area (Å²) in [6.45, 7) is 5.54. The topological polar surface area (TPSA) is 130 Å². The SMILES string of the molecule is Cn1nnnc1-n1c(OCc2cccc(CC(=O)OC(C)(C)C)n2)nc2c(O)cccc21. The Labute approximate surface area is 183 Å². The first kappa shape index (κ1) is 21.2. The first-order valence-electron chi connectivity index (χ1n) is 9.94. The summed E-state index contributed by atoms with van der Waals surface area (Å²) in [7, 11) is 1.69. The van der Waals surface area contributed by atoms with E-state index in [1.54, 1.807) is 48.0 Å². The Balaban J connectivity index is 1.58. The molecule has 0 aliphatic heterocycles. The number of phenolic OH excluding ortho intramolecular Hbond substituents is 1. The van der Waals surface area contributed by atoms with Crippen molar-refractivity contribution in [3.63, 3.8) is 0 Å². The molecule has 0 aliphatic rings. The summed E-state index contributed by atoms with van der Waals surface area (Å²) < 4.78 is 14.4. The predicted molar refractivity (Wildman–Crippen MR) is 113 cm³/mol. The van der Waals surface area contributed by atoms with Crippen LogP contribution in [0, 0.1) is 0 Å². The van der Waals surface area contributed by atoms with Gasteiger partial charge in [0.15, 0.2) is 0 Å². The van der Waals surface area contributed by atoms with Crippen molar-refractivity contribution in [2.24, 2.45) is 7.05 Å². The van der Waals surface area contributed by atoms with Gasteiger partial charge in [0.2, 0.25) is 0 Å². The number of hydrogen-bond acceptors (Lipinski definition) is 9. The number of imidazole rings is 1. The van der Waals surface area contributed by atoms with Crippen LogP contribution in [0.3, 0.4) is 0 Å². The Bertz CT molecular complexity index is 1270. The van der Waals surface area contributed by atoms with Gasteiger partial charge in [-0.1, -0.05) is 17.2 Å². The van der Waals surface area contributed by atoms with Crippen LogP contribution in [0.2, 0.25) is 0 Å². The van der Waals surface area contributed by atoms with Crippen molar-refractivity contribution in [3.05, 3.63) is 47.8 Å². The first-order valence-corrected chi connectivity index (χ1v) is 9.94. The maximum Gasteiger partial charge on any atom is 0.312 e. The van der Waals surface area contributed by atoms with Gasteiger partial charge in [0.25, 0.3) is 5.95 Å². The fourth-order valence-electron chi connectivity index (χ4n) is 3.14. The lowest BCUT2D eigenvalue weighted by Crippen LogP contribution is -2.25. The molecule has 0 saturated heterocycles. The highest BCUT2D eigenvalue weighted by Gasteiger charge is 2.21. The number of benzene rings is 1. The van der Waals surface area contributed by atoms with Gasteiger partial charge in [-0.25, -0.2) is 9.25 Å². The van der Waals surface area contributed by atoms with Crippen molar-refractivity contribution in [1.82, 2.24) is 34.7 Å². The van der Waals surface area contributed by atoms with Crippen LogP contribution in [0.1, 0.15) is 32.2 Å². The fraction of sp³-hybridized carbons (Fsp3) is 0.333. The summed E-state index contributed by atoms with van der Waals surface area (Å²) in [6.07, 6.45) is 0.0576. The standard InChI is InChI=1S/C21H23N7O4/c1-21(2,3)32-17(30)11-13-7-5-8-14(22-13)12-31-20-23-18-15(9-6-10-16(18)29)28(20)19-24-25-26-27(19)4/h5-10,29H,11-12H2,1-4H3. The summed E-state index contributed by atoms with van der Waals surface area (Å²) in [5, 5.41) is 21.8. The van der Waals surface area contributed by atoms with Crippen LogP contribution in [0.4, 0.5) is 0 Å². The Morgan fingerprint density at radius 1 is 1.09 bits per heavy atom. The average molecular weight is 437 g/mol. The van der Waals surface area contributed by atoms with Gasteiger partial charge in [-0.05, 0) is 55.5 Å². The summed E-state index contributed by atoms with van der Waals surface area (Å²) in [6, 6.07) is 10.6. The van der Waals surface area contributed by atoms with E-state index in [9.17, 15) is 9.90 Å². The zero-order valence-corrected chi connectivity index (χ0v) is 18.2. The summed E-state index contributed by atoms with van der Waals surface area (Å²) in [5.41, 5.74) is 1.56. The van der Waals surface area contributed by atoms with E-state index in [1.807, 2.05) is 20.8 Å². The molecule has 32 heavy (non-hydrogen) atoms. The maximum absolute atomic E-state index is 12.1. The number of ether oxygens (including phenoxy) is 2. The van der Waals surface area contributed by atoms with E-state index in [-0.39, 0.29) is 30.8 Å². The van der Waals surface area contributed by atoms with Crippen LogP contribution >= 0.6 is 0 Å². The van der Waals surface area contributed by atoms with E-state index < -0.39 is 5.60 Å². The third-order valence-electron chi connectivity index (χ3n) is 4.39. The van der Waals surface area contributed by atoms with Crippen molar-refractivity contribution in [2.75, 3.05) is 0 Å². The molecule has 0 unspecified atom stereocenters. The van der Waals surface area contributed by atoms with E-state index in [1.165, 1.54) is 4.68 Å². The van der Waals surface area contributed by atoms with Gasteiger partial charge < -0.3 is 14.6 Å². The first-order chi connectivity index (χ1) is 15.2. The molecule has 0 amide bonds. The second kappa shape index (κ2) is 8.25. The van der Waals surface area contributed by atoms with Gasteiger partial charge in [0.05, 0.1) is 23.3 Å². The Kier molecular flexibility index (Phi) is 5.47. The van der Waals surface area contributed by atoms with Gasteiger partial charge in [-0.15, -0.1) is 0 Å². The van der Waals surface area contributed by atoms with E-state index >= 15 is 0 Å². The molecular formula is C21H23N7O4. The van der Waals surface area contributed by atoms with Crippen molar-refractivity contribution in [3.8, 4) is 17.7 Å². The molecule has 3 heterocycles. The Hall–Kier alpha value is -4.02. The smallest absolute Gasteiger partial charge is 0.312 e. The molecule has 166 valence electrons. The molecule has 4 rings (SSSR count). The minimum Gasteiger partial charge on any atom is -0.506 e.